The van der Waals surface area contributed by atoms with Gasteiger partial charge in [0.25, 0.3) is 0 Å². The number of amides is 1. The zero-order chi connectivity index (χ0) is 14.4. The van der Waals surface area contributed by atoms with Crippen LogP contribution in [0.3, 0.4) is 0 Å². The van der Waals surface area contributed by atoms with Crippen LogP contribution >= 0.6 is 0 Å². The molecule has 104 valence electrons. The Morgan fingerprint density at radius 3 is 2.58 bits per heavy atom. The molecule has 0 aliphatic heterocycles. The molecule has 0 fully saturated rings. The fourth-order valence-corrected chi connectivity index (χ4v) is 1.74. The second kappa shape index (κ2) is 6.63. The fraction of sp³-hybridized carbons (Fsp3) is 0.385. The van der Waals surface area contributed by atoms with Gasteiger partial charge in [0.2, 0.25) is 5.91 Å². The van der Waals surface area contributed by atoms with E-state index in [9.17, 15) is 9.59 Å². The lowest BCUT2D eigenvalue weighted by Crippen LogP contribution is -2.37. The number of nitrogens with two attached hydrogens (primary N) is 1. The lowest BCUT2D eigenvalue weighted by atomic mass is 10.1. The van der Waals surface area contributed by atoms with Crippen LogP contribution in [0.15, 0.2) is 18.2 Å². The molecule has 0 radical (unpaired) electrons. The first-order valence-corrected chi connectivity index (χ1v) is 6.14. The molecule has 0 saturated carbocycles. The van der Waals surface area contributed by atoms with Crippen LogP contribution in [0.5, 0.6) is 0 Å². The van der Waals surface area contributed by atoms with Crippen LogP contribution in [-0.2, 0) is 4.79 Å². The summed E-state index contributed by atoms with van der Waals surface area (Å²) in [5.41, 5.74) is 7.02. The summed E-state index contributed by atoms with van der Waals surface area (Å²) in [5, 5.41) is 11.7. The number of hydrogen-bond donors (Lipinski definition) is 3. The zero-order valence-electron chi connectivity index (χ0n) is 11.1. The number of carbonyl (C=O) groups excluding carboxylic acids is 1. The van der Waals surface area contributed by atoms with Gasteiger partial charge >= 0.3 is 5.97 Å². The molecule has 6 nitrogen and oxygen atoms in total. The molecule has 0 atom stereocenters. The fourth-order valence-electron chi connectivity index (χ4n) is 1.74. The quantitative estimate of drug-likeness (QED) is 0.665. The largest absolute Gasteiger partial charge is 0.478 e. The maximum absolute atomic E-state index is 11.6. The number of anilines is 2. The van der Waals surface area contributed by atoms with Gasteiger partial charge < -0.3 is 21.1 Å². The van der Waals surface area contributed by atoms with E-state index in [0.717, 1.165) is 0 Å². The highest BCUT2D eigenvalue weighted by Gasteiger charge is 2.14. The van der Waals surface area contributed by atoms with Gasteiger partial charge in [-0.2, -0.15) is 0 Å². The number of rotatable bonds is 6. The van der Waals surface area contributed by atoms with Crippen molar-refractivity contribution in [1.29, 1.82) is 0 Å². The number of carboxylic acids is 1. The van der Waals surface area contributed by atoms with Crippen LogP contribution in [0, 0.1) is 0 Å². The van der Waals surface area contributed by atoms with E-state index in [4.69, 9.17) is 10.8 Å². The smallest absolute Gasteiger partial charge is 0.335 e. The Kier molecular flexibility index (Phi) is 5.17. The van der Waals surface area contributed by atoms with Gasteiger partial charge in [0, 0.05) is 13.1 Å². The molecule has 0 spiro atoms. The van der Waals surface area contributed by atoms with Crippen molar-refractivity contribution in [2.24, 2.45) is 0 Å². The van der Waals surface area contributed by atoms with Crippen LogP contribution < -0.4 is 16.0 Å². The van der Waals surface area contributed by atoms with Crippen LogP contribution in [-0.4, -0.2) is 36.6 Å². The molecule has 1 aromatic carbocycles. The average Bonchev–Trinajstić information content (AvgIpc) is 2.37. The van der Waals surface area contributed by atoms with Crippen LogP contribution in [0.2, 0.25) is 0 Å². The molecule has 19 heavy (non-hydrogen) atoms. The first-order valence-electron chi connectivity index (χ1n) is 6.14. The molecule has 1 aromatic rings. The average molecular weight is 265 g/mol. The topological polar surface area (TPSA) is 95.7 Å². The Morgan fingerprint density at radius 2 is 2.05 bits per heavy atom. The van der Waals surface area contributed by atoms with Crippen LogP contribution in [0.1, 0.15) is 24.2 Å². The summed E-state index contributed by atoms with van der Waals surface area (Å²) >= 11 is 0. The van der Waals surface area contributed by atoms with Gasteiger partial charge in [-0.1, -0.05) is 0 Å². The molecule has 0 aliphatic rings. The number of carbonyl (C=O) groups is 2. The lowest BCUT2D eigenvalue weighted by Gasteiger charge is -2.24. The highest BCUT2D eigenvalue weighted by molar-refractivity contribution is 5.91. The highest BCUT2D eigenvalue weighted by atomic mass is 16.4. The summed E-state index contributed by atoms with van der Waals surface area (Å²) in [4.78, 5) is 24.3. The predicted octanol–water partition coefficient (Wildman–Crippen LogP) is 0.929. The van der Waals surface area contributed by atoms with E-state index in [1.165, 1.54) is 12.1 Å². The summed E-state index contributed by atoms with van der Waals surface area (Å²) in [6, 6.07) is 4.47. The summed E-state index contributed by atoms with van der Waals surface area (Å²) in [6.07, 6.45) is 0. The van der Waals surface area contributed by atoms with Crippen molar-refractivity contribution in [3.05, 3.63) is 23.8 Å². The number of aromatic carboxylic acids is 1. The monoisotopic (exact) mass is 265 g/mol. The molecule has 0 unspecified atom stereocenters. The van der Waals surface area contributed by atoms with Gasteiger partial charge in [-0.25, -0.2) is 4.79 Å². The molecule has 1 rings (SSSR count). The normalized spacial score (nSPS) is 10.0. The van der Waals surface area contributed by atoms with E-state index in [0.29, 0.717) is 24.5 Å². The predicted molar refractivity (Wildman–Crippen MR) is 74.4 cm³/mol. The molecule has 0 bridgehead atoms. The van der Waals surface area contributed by atoms with Crippen molar-refractivity contribution in [1.82, 2.24) is 5.32 Å². The van der Waals surface area contributed by atoms with E-state index in [-0.39, 0.29) is 18.0 Å². The van der Waals surface area contributed by atoms with Crippen molar-refractivity contribution in [3.8, 4) is 0 Å². The first kappa shape index (κ1) is 14.8. The molecule has 0 saturated heterocycles. The minimum Gasteiger partial charge on any atom is -0.478 e. The Balaban J connectivity index is 3.00. The lowest BCUT2D eigenvalue weighted by molar-refractivity contribution is -0.119. The standard InChI is InChI=1S/C13H19N3O3/c1-3-15-12(17)8-16(4-2)11-7-9(13(18)19)5-6-10(11)14/h5-7H,3-4,8,14H2,1-2H3,(H,15,17)(H,18,19). The maximum atomic E-state index is 11.6. The van der Waals surface area contributed by atoms with E-state index < -0.39 is 5.97 Å². The molecular weight excluding hydrogens is 246 g/mol. The molecule has 0 aliphatic carbocycles. The minimum atomic E-state index is -1.02. The number of nitrogens with zero attached hydrogens (tertiary/aromatic N) is 1. The van der Waals surface area contributed by atoms with E-state index >= 15 is 0 Å². The van der Waals surface area contributed by atoms with Crippen molar-refractivity contribution >= 4 is 23.3 Å². The molecule has 6 heteroatoms. The summed E-state index contributed by atoms with van der Waals surface area (Å²) in [6.45, 7) is 4.99. The van der Waals surface area contributed by atoms with Crippen LogP contribution in [0.25, 0.3) is 0 Å². The SMILES string of the molecule is CCNC(=O)CN(CC)c1cc(C(=O)O)ccc1N. The molecule has 0 aromatic heterocycles. The van der Waals surface area contributed by atoms with Gasteiger partial charge in [-0.3, -0.25) is 4.79 Å². The van der Waals surface area contributed by atoms with Crippen molar-refractivity contribution in [3.63, 3.8) is 0 Å². The molecule has 4 N–H and O–H groups in total. The van der Waals surface area contributed by atoms with Gasteiger partial charge in [0.1, 0.15) is 0 Å². The van der Waals surface area contributed by atoms with E-state index in [2.05, 4.69) is 5.32 Å². The minimum absolute atomic E-state index is 0.121. The Hall–Kier alpha value is -2.24. The second-order valence-corrected chi connectivity index (χ2v) is 4.05. The van der Waals surface area contributed by atoms with Crippen molar-refractivity contribution < 1.29 is 14.7 Å². The van der Waals surface area contributed by atoms with Gasteiger partial charge in [-0.05, 0) is 32.0 Å². The molecule has 0 heterocycles. The van der Waals surface area contributed by atoms with E-state index in [1.54, 1.807) is 11.0 Å². The third-order valence-corrected chi connectivity index (χ3v) is 2.71. The first-order chi connectivity index (χ1) is 8.99. The summed E-state index contributed by atoms with van der Waals surface area (Å²) in [5.74, 6) is -1.14. The zero-order valence-corrected chi connectivity index (χ0v) is 11.1. The Morgan fingerprint density at radius 1 is 1.37 bits per heavy atom. The number of carboxylic acid groups (broad SMARTS) is 1. The van der Waals surface area contributed by atoms with Crippen LogP contribution in [0.4, 0.5) is 11.4 Å². The number of nitrogens with one attached hydrogen (secondary N) is 1. The third-order valence-electron chi connectivity index (χ3n) is 2.71. The summed E-state index contributed by atoms with van der Waals surface area (Å²) < 4.78 is 0. The summed E-state index contributed by atoms with van der Waals surface area (Å²) in [7, 11) is 0. The molecule has 1 amide bonds. The van der Waals surface area contributed by atoms with Crippen molar-refractivity contribution in [2.75, 3.05) is 30.3 Å². The number of benzene rings is 1. The number of hydrogen-bond acceptors (Lipinski definition) is 4. The van der Waals surface area contributed by atoms with E-state index in [1.807, 2.05) is 13.8 Å². The number of likely N-dealkylation sites (N-methyl/N-ethyl adjacent to an activating group) is 2. The maximum Gasteiger partial charge on any atom is 0.335 e. The Labute approximate surface area is 112 Å². The van der Waals surface area contributed by atoms with Gasteiger partial charge in [0.05, 0.1) is 23.5 Å². The highest BCUT2D eigenvalue weighted by Crippen LogP contribution is 2.24. The third kappa shape index (κ3) is 3.87. The second-order valence-electron chi connectivity index (χ2n) is 4.05. The molecular formula is C13H19N3O3. The Bertz CT molecular complexity index is 474. The van der Waals surface area contributed by atoms with Crippen molar-refractivity contribution in [2.45, 2.75) is 13.8 Å². The van der Waals surface area contributed by atoms with Gasteiger partial charge in [-0.15, -0.1) is 0 Å². The van der Waals surface area contributed by atoms with Gasteiger partial charge in [0.15, 0.2) is 0 Å². The number of nitrogen functional groups attached to an aromatic ring is 1.